The molecule has 0 spiro atoms. The molecule has 0 radical (unpaired) electrons. The average Bonchev–Trinajstić information content (AvgIpc) is 3.40. The van der Waals surface area contributed by atoms with Gasteiger partial charge in [0.1, 0.15) is 17.2 Å². The number of pyridine rings is 1. The second-order valence-corrected chi connectivity index (χ2v) is 9.65. The van der Waals surface area contributed by atoms with Gasteiger partial charge in [-0.3, -0.25) is 4.98 Å². The van der Waals surface area contributed by atoms with Crippen molar-refractivity contribution in [3.63, 3.8) is 0 Å². The van der Waals surface area contributed by atoms with Gasteiger partial charge in [-0.1, -0.05) is 17.7 Å². The smallest absolute Gasteiger partial charge is 0.174 e. The highest BCUT2D eigenvalue weighted by Crippen LogP contribution is 2.47. The van der Waals surface area contributed by atoms with Crippen LogP contribution in [0, 0.1) is 13.8 Å². The lowest BCUT2D eigenvalue weighted by molar-refractivity contribution is 0.403. The first kappa shape index (κ1) is 24.9. The molecule has 4 aromatic rings. The molecule has 1 fully saturated rings. The van der Waals surface area contributed by atoms with Crippen molar-refractivity contribution in [2.45, 2.75) is 25.9 Å². The molecule has 7 nitrogen and oxygen atoms in total. The number of methoxy groups -OCH3 is 2. The van der Waals surface area contributed by atoms with Crippen LogP contribution < -0.4 is 19.7 Å². The van der Waals surface area contributed by atoms with Gasteiger partial charge in [-0.25, -0.2) is 0 Å². The molecule has 37 heavy (non-hydrogen) atoms. The van der Waals surface area contributed by atoms with E-state index in [1.165, 1.54) is 0 Å². The summed E-state index contributed by atoms with van der Waals surface area (Å²) in [6, 6.07) is 18.1. The number of rotatable bonds is 6. The van der Waals surface area contributed by atoms with Crippen molar-refractivity contribution in [1.82, 2.24) is 14.9 Å². The molecule has 2 N–H and O–H groups in total. The van der Waals surface area contributed by atoms with Crippen molar-refractivity contribution < 1.29 is 14.6 Å². The molecule has 0 aliphatic carbocycles. The van der Waals surface area contributed by atoms with Gasteiger partial charge in [0.05, 0.1) is 43.4 Å². The highest BCUT2D eigenvalue weighted by Gasteiger charge is 2.43. The molecule has 2 aromatic heterocycles. The molecule has 0 bridgehead atoms. The van der Waals surface area contributed by atoms with E-state index in [0.29, 0.717) is 27.3 Å². The topological polar surface area (TPSA) is 71.8 Å². The third-order valence-electron chi connectivity index (χ3n) is 6.71. The van der Waals surface area contributed by atoms with Crippen LogP contribution in [-0.4, -0.2) is 34.0 Å². The molecule has 1 saturated heterocycles. The highest BCUT2D eigenvalue weighted by molar-refractivity contribution is 7.80. The van der Waals surface area contributed by atoms with Gasteiger partial charge in [-0.05, 0) is 80.2 Å². The molecule has 2 aromatic carbocycles. The molecule has 1 aliphatic rings. The number of nitrogens with one attached hydrogen (secondary N) is 1. The number of anilines is 1. The van der Waals surface area contributed by atoms with E-state index in [-0.39, 0.29) is 17.8 Å². The first-order valence-corrected chi connectivity index (χ1v) is 12.5. The van der Waals surface area contributed by atoms with E-state index in [4.69, 9.17) is 33.3 Å². The van der Waals surface area contributed by atoms with Crippen LogP contribution in [0.15, 0.2) is 66.9 Å². The fourth-order valence-corrected chi connectivity index (χ4v) is 5.55. The van der Waals surface area contributed by atoms with E-state index in [1.807, 2.05) is 54.8 Å². The van der Waals surface area contributed by atoms with E-state index < -0.39 is 0 Å². The summed E-state index contributed by atoms with van der Waals surface area (Å²) in [6.07, 6.45) is 1.78. The van der Waals surface area contributed by atoms with E-state index in [1.54, 1.807) is 38.6 Å². The van der Waals surface area contributed by atoms with Gasteiger partial charge in [-0.15, -0.1) is 0 Å². The number of thiocarbonyl (C=S) groups is 1. The lowest BCUT2D eigenvalue weighted by Gasteiger charge is -2.29. The summed E-state index contributed by atoms with van der Waals surface area (Å²) in [7, 11) is 3.27. The predicted octanol–water partition coefficient (Wildman–Crippen LogP) is 6.04. The zero-order chi connectivity index (χ0) is 26.3. The number of halogens is 1. The van der Waals surface area contributed by atoms with Gasteiger partial charge < -0.3 is 29.4 Å². The Balaban J connectivity index is 1.73. The number of aromatic nitrogens is 2. The largest absolute Gasteiger partial charge is 0.506 e. The second-order valence-electron chi connectivity index (χ2n) is 8.83. The van der Waals surface area contributed by atoms with Crippen LogP contribution in [0.3, 0.4) is 0 Å². The predicted molar refractivity (Wildman–Crippen MR) is 149 cm³/mol. The van der Waals surface area contributed by atoms with Crippen LogP contribution in [-0.2, 0) is 0 Å². The Morgan fingerprint density at radius 3 is 2.51 bits per heavy atom. The summed E-state index contributed by atoms with van der Waals surface area (Å²) in [5, 5.41) is 15.3. The Morgan fingerprint density at radius 1 is 1.00 bits per heavy atom. The first-order chi connectivity index (χ1) is 17.8. The van der Waals surface area contributed by atoms with Crippen LogP contribution in [0.5, 0.6) is 17.2 Å². The average molecular weight is 535 g/mol. The van der Waals surface area contributed by atoms with E-state index in [2.05, 4.69) is 21.3 Å². The zero-order valence-corrected chi connectivity index (χ0v) is 22.5. The van der Waals surface area contributed by atoms with Crippen molar-refractivity contribution in [2.75, 3.05) is 19.1 Å². The molecular weight excluding hydrogens is 508 g/mol. The number of hydrogen-bond acceptors (Lipinski definition) is 5. The van der Waals surface area contributed by atoms with E-state index >= 15 is 0 Å². The van der Waals surface area contributed by atoms with Crippen molar-refractivity contribution in [3.8, 4) is 22.9 Å². The third kappa shape index (κ3) is 4.36. The van der Waals surface area contributed by atoms with Gasteiger partial charge in [-0.2, -0.15) is 0 Å². The van der Waals surface area contributed by atoms with Gasteiger partial charge in [0, 0.05) is 28.7 Å². The maximum atomic E-state index is 10.7. The molecule has 2 atom stereocenters. The van der Waals surface area contributed by atoms with Gasteiger partial charge in [0.25, 0.3) is 0 Å². The fraction of sp³-hybridized carbons (Fsp3) is 0.214. The van der Waals surface area contributed by atoms with Crippen molar-refractivity contribution in [3.05, 3.63) is 94.5 Å². The minimum Gasteiger partial charge on any atom is -0.506 e. The normalized spacial score (nSPS) is 17.1. The maximum absolute atomic E-state index is 10.7. The summed E-state index contributed by atoms with van der Waals surface area (Å²) < 4.78 is 13.3. The minimum atomic E-state index is -0.273. The van der Waals surface area contributed by atoms with Gasteiger partial charge in [0.2, 0.25) is 0 Å². The summed E-state index contributed by atoms with van der Waals surface area (Å²) in [5.41, 5.74) is 5.15. The Kier molecular flexibility index (Phi) is 6.70. The fourth-order valence-electron chi connectivity index (χ4n) is 5.05. The van der Waals surface area contributed by atoms with Gasteiger partial charge in [0.15, 0.2) is 5.11 Å². The number of ether oxygens (including phenoxy) is 2. The molecular formula is C28H27ClN4O3S. The lowest BCUT2D eigenvalue weighted by atomic mass is 9.96. The number of phenolic OH excluding ortho intramolecular Hbond substituents is 1. The van der Waals surface area contributed by atoms with Crippen LogP contribution >= 0.6 is 23.8 Å². The summed E-state index contributed by atoms with van der Waals surface area (Å²) in [5.74, 6) is 1.50. The molecule has 2 unspecified atom stereocenters. The number of aryl methyl sites for hydroxylation is 1. The summed E-state index contributed by atoms with van der Waals surface area (Å²) in [4.78, 5) is 6.70. The standard InChI is InChI=1S/C28H27ClN4O3S/c1-16-13-20(17(2)32(16)22-14-18(29)8-10-24(22)34)27-26(21-7-5-6-12-30-21)31-28(37)33(27)23-15-19(35-3)9-11-25(23)36-4/h5-15,26-27,34H,1-4H3,(H,31,37). The summed E-state index contributed by atoms with van der Waals surface area (Å²) >= 11 is 12.2. The quantitative estimate of drug-likeness (QED) is 0.292. The number of phenols is 1. The number of nitrogens with zero attached hydrogens (tertiary/aromatic N) is 3. The van der Waals surface area contributed by atoms with Crippen molar-refractivity contribution >= 4 is 34.6 Å². The Hall–Kier alpha value is -3.75. The number of hydrogen-bond donors (Lipinski definition) is 2. The molecule has 0 saturated carbocycles. The molecule has 9 heteroatoms. The molecule has 190 valence electrons. The number of benzene rings is 2. The van der Waals surface area contributed by atoms with Crippen LogP contribution in [0.25, 0.3) is 5.69 Å². The Bertz CT molecular complexity index is 1470. The molecule has 1 aliphatic heterocycles. The van der Waals surface area contributed by atoms with Crippen molar-refractivity contribution in [2.24, 2.45) is 0 Å². The maximum Gasteiger partial charge on any atom is 0.174 e. The van der Waals surface area contributed by atoms with Gasteiger partial charge >= 0.3 is 0 Å². The molecule has 0 amide bonds. The van der Waals surface area contributed by atoms with E-state index in [9.17, 15) is 5.11 Å². The monoisotopic (exact) mass is 534 g/mol. The SMILES string of the molecule is COc1ccc(OC)c(N2C(=S)NC(c3ccccn3)C2c2cc(C)n(-c3cc(Cl)ccc3O)c2C)c1. The second kappa shape index (κ2) is 9.95. The zero-order valence-electron chi connectivity index (χ0n) is 20.9. The highest BCUT2D eigenvalue weighted by atomic mass is 35.5. The molecule has 5 rings (SSSR count). The Morgan fingerprint density at radius 2 is 1.81 bits per heavy atom. The van der Waals surface area contributed by atoms with Crippen LogP contribution in [0.4, 0.5) is 5.69 Å². The number of aromatic hydroxyl groups is 1. The Labute approximate surface area is 226 Å². The molecule has 3 heterocycles. The minimum absolute atomic E-state index is 0.144. The van der Waals surface area contributed by atoms with Crippen LogP contribution in [0.1, 0.15) is 34.7 Å². The van der Waals surface area contributed by atoms with Crippen molar-refractivity contribution in [1.29, 1.82) is 0 Å². The summed E-state index contributed by atoms with van der Waals surface area (Å²) in [6.45, 7) is 4.03. The lowest BCUT2D eigenvalue weighted by Crippen LogP contribution is -2.30. The first-order valence-electron chi connectivity index (χ1n) is 11.7. The van der Waals surface area contributed by atoms with Crippen LogP contribution in [0.2, 0.25) is 5.02 Å². The van der Waals surface area contributed by atoms with E-state index in [0.717, 1.165) is 28.3 Å². The third-order valence-corrected chi connectivity index (χ3v) is 7.26.